The number of thiazole rings is 1. The number of nitrogens with one attached hydrogen (secondary N) is 2. The van der Waals surface area contributed by atoms with Gasteiger partial charge in [-0.05, 0) is 55.0 Å². The quantitative estimate of drug-likeness (QED) is 0.449. The topological polar surface area (TPSA) is 88.2 Å². The summed E-state index contributed by atoms with van der Waals surface area (Å²) in [6.07, 6.45) is 2.16. The van der Waals surface area contributed by atoms with Crippen molar-refractivity contribution in [1.82, 2.24) is 4.98 Å². The molecule has 0 aliphatic heterocycles. The Balaban J connectivity index is 1.64. The maximum absolute atomic E-state index is 12.6. The van der Waals surface area contributed by atoms with Crippen LogP contribution in [-0.4, -0.2) is 24.6 Å². The molecule has 2 N–H and O–H groups in total. The third-order valence-corrected chi connectivity index (χ3v) is 7.64. The Bertz CT molecular complexity index is 1050. The van der Waals surface area contributed by atoms with Crippen LogP contribution in [-0.2, 0) is 14.8 Å². The van der Waals surface area contributed by atoms with Crippen molar-refractivity contribution in [2.75, 3.05) is 10.0 Å². The summed E-state index contributed by atoms with van der Waals surface area (Å²) in [5.41, 5.74) is 0.526. The van der Waals surface area contributed by atoms with Crippen molar-refractivity contribution in [3.63, 3.8) is 0 Å². The molecule has 29 heavy (non-hydrogen) atoms. The fourth-order valence-electron chi connectivity index (χ4n) is 2.39. The summed E-state index contributed by atoms with van der Waals surface area (Å²) >= 11 is 8.54. The van der Waals surface area contributed by atoms with Gasteiger partial charge in [0.2, 0.25) is 5.91 Å². The Morgan fingerprint density at radius 2 is 1.86 bits per heavy atom. The van der Waals surface area contributed by atoms with Gasteiger partial charge in [-0.1, -0.05) is 18.5 Å². The molecule has 0 aliphatic carbocycles. The number of hydrogen-bond acceptors (Lipinski definition) is 6. The number of anilines is 2. The molecule has 1 amide bonds. The molecule has 1 atom stereocenters. The van der Waals surface area contributed by atoms with Crippen LogP contribution >= 0.6 is 34.7 Å². The largest absolute Gasteiger partial charge is 0.325 e. The number of halogens is 1. The van der Waals surface area contributed by atoms with Gasteiger partial charge in [0.05, 0.1) is 10.1 Å². The Hall–Kier alpha value is -2.07. The predicted octanol–water partition coefficient (Wildman–Crippen LogP) is 5.11. The second kappa shape index (κ2) is 9.62. The first-order valence-corrected chi connectivity index (χ1v) is 12.2. The zero-order chi connectivity index (χ0) is 20.9. The zero-order valence-corrected chi connectivity index (χ0v) is 18.5. The number of rotatable bonds is 8. The molecule has 6 nitrogen and oxygen atoms in total. The molecule has 0 saturated heterocycles. The molecule has 0 saturated carbocycles. The second-order valence-corrected chi connectivity index (χ2v) is 10.2. The van der Waals surface area contributed by atoms with Gasteiger partial charge in [-0.15, -0.1) is 23.1 Å². The highest BCUT2D eigenvalue weighted by atomic mass is 35.5. The summed E-state index contributed by atoms with van der Waals surface area (Å²) in [5, 5.41) is 5.18. The van der Waals surface area contributed by atoms with Gasteiger partial charge in [0.1, 0.15) is 0 Å². The monoisotopic (exact) mass is 467 g/mol. The lowest BCUT2D eigenvalue weighted by molar-refractivity contribution is -0.115. The summed E-state index contributed by atoms with van der Waals surface area (Å²) < 4.78 is 27.2. The third-order valence-electron chi connectivity index (χ3n) is 3.84. The van der Waals surface area contributed by atoms with Crippen molar-refractivity contribution >= 4 is 61.4 Å². The molecular weight excluding hydrogens is 450 g/mol. The number of aromatic nitrogens is 1. The molecule has 152 valence electrons. The number of benzene rings is 2. The Labute approximate surface area is 182 Å². The third kappa shape index (κ3) is 5.96. The smallest absolute Gasteiger partial charge is 0.263 e. The molecule has 0 aliphatic rings. The van der Waals surface area contributed by atoms with Gasteiger partial charge in [-0.2, -0.15) is 0 Å². The Kier molecular flexibility index (Phi) is 7.18. The number of sulfonamides is 1. The van der Waals surface area contributed by atoms with E-state index in [9.17, 15) is 13.2 Å². The van der Waals surface area contributed by atoms with Crippen LogP contribution in [0.15, 0.2) is 69.9 Å². The summed E-state index contributed by atoms with van der Waals surface area (Å²) in [6, 6.07) is 13.3. The average Bonchev–Trinajstić information content (AvgIpc) is 3.20. The lowest BCUT2D eigenvalue weighted by Crippen LogP contribution is -2.24. The van der Waals surface area contributed by atoms with Crippen molar-refractivity contribution in [2.45, 2.75) is 28.4 Å². The molecule has 2 aromatic carbocycles. The molecule has 0 spiro atoms. The first kappa shape index (κ1) is 21.6. The van der Waals surface area contributed by atoms with Crippen LogP contribution < -0.4 is 10.0 Å². The fraction of sp³-hybridized carbons (Fsp3) is 0.158. The van der Waals surface area contributed by atoms with Gasteiger partial charge >= 0.3 is 0 Å². The lowest BCUT2D eigenvalue weighted by Gasteiger charge is -2.15. The number of carbonyl (C=O) groups excluding carboxylic acids is 1. The van der Waals surface area contributed by atoms with Gasteiger partial charge in [-0.3, -0.25) is 9.52 Å². The number of hydrogen-bond donors (Lipinski definition) is 2. The van der Waals surface area contributed by atoms with Crippen LogP contribution in [0.2, 0.25) is 5.02 Å². The van der Waals surface area contributed by atoms with E-state index < -0.39 is 10.0 Å². The van der Waals surface area contributed by atoms with Crippen LogP contribution in [0.1, 0.15) is 13.3 Å². The molecule has 3 aromatic rings. The van der Waals surface area contributed by atoms with E-state index in [1.807, 2.05) is 19.1 Å². The summed E-state index contributed by atoms with van der Waals surface area (Å²) in [5.74, 6) is -0.149. The average molecular weight is 468 g/mol. The standard InChI is InChI=1S/C19H18ClN3O3S3/c1-2-17(28-15-7-3-13(20)4-8-15)18(24)22-14-5-9-16(10-6-14)29(25,26)23-19-21-11-12-27-19/h3-12,17H,2H2,1H3,(H,21,23)(H,22,24). The predicted molar refractivity (Wildman–Crippen MR) is 119 cm³/mol. The molecule has 1 heterocycles. The van der Waals surface area contributed by atoms with E-state index in [2.05, 4.69) is 15.0 Å². The van der Waals surface area contributed by atoms with Crippen LogP contribution in [0.3, 0.4) is 0 Å². The highest BCUT2D eigenvalue weighted by molar-refractivity contribution is 8.00. The highest BCUT2D eigenvalue weighted by Gasteiger charge is 2.19. The molecule has 1 unspecified atom stereocenters. The van der Waals surface area contributed by atoms with E-state index in [0.717, 1.165) is 4.90 Å². The maximum Gasteiger partial charge on any atom is 0.263 e. The number of thioether (sulfide) groups is 1. The molecule has 10 heteroatoms. The molecular formula is C19H18ClN3O3S3. The van der Waals surface area contributed by atoms with Gasteiger partial charge in [0.15, 0.2) is 5.13 Å². The van der Waals surface area contributed by atoms with Crippen molar-refractivity contribution in [3.05, 3.63) is 65.1 Å². The first-order valence-electron chi connectivity index (χ1n) is 8.63. The summed E-state index contributed by atoms with van der Waals surface area (Å²) in [4.78, 5) is 17.6. The van der Waals surface area contributed by atoms with Gasteiger partial charge in [0, 0.05) is 27.2 Å². The SMILES string of the molecule is CCC(Sc1ccc(Cl)cc1)C(=O)Nc1ccc(S(=O)(=O)Nc2nccs2)cc1. The molecule has 0 radical (unpaired) electrons. The maximum atomic E-state index is 12.6. The number of carbonyl (C=O) groups is 1. The minimum absolute atomic E-state index is 0.0910. The molecule has 3 rings (SSSR count). The van der Waals surface area contributed by atoms with Gasteiger partial charge < -0.3 is 5.32 Å². The Morgan fingerprint density at radius 1 is 1.17 bits per heavy atom. The van der Waals surface area contributed by atoms with E-state index in [-0.39, 0.29) is 16.1 Å². The van der Waals surface area contributed by atoms with Crippen LogP contribution in [0.25, 0.3) is 0 Å². The van der Waals surface area contributed by atoms with E-state index in [1.165, 1.54) is 41.4 Å². The molecule has 1 aromatic heterocycles. The van der Waals surface area contributed by atoms with E-state index in [0.29, 0.717) is 22.3 Å². The van der Waals surface area contributed by atoms with E-state index in [4.69, 9.17) is 11.6 Å². The van der Waals surface area contributed by atoms with Crippen LogP contribution in [0, 0.1) is 0 Å². The molecule has 0 bridgehead atoms. The zero-order valence-electron chi connectivity index (χ0n) is 15.3. The van der Waals surface area contributed by atoms with Crippen molar-refractivity contribution in [2.24, 2.45) is 0 Å². The first-order chi connectivity index (χ1) is 13.9. The Morgan fingerprint density at radius 3 is 2.45 bits per heavy atom. The fourth-order valence-corrected chi connectivity index (χ4v) is 5.26. The lowest BCUT2D eigenvalue weighted by atomic mass is 10.3. The minimum atomic E-state index is -3.72. The highest BCUT2D eigenvalue weighted by Crippen LogP contribution is 2.28. The normalized spacial score (nSPS) is 12.3. The van der Waals surface area contributed by atoms with Crippen LogP contribution in [0.4, 0.5) is 10.8 Å². The minimum Gasteiger partial charge on any atom is -0.325 e. The van der Waals surface area contributed by atoms with Crippen LogP contribution in [0.5, 0.6) is 0 Å². The van der Waals surface area contributed by atoms with Gasteiger partial charge in [-0.25, -0.2) is 13.4 Å². The molecule has 0 fully saturated rings. The van der Waals surface area contributed by atoms with Crippen molar-refractivity contribution in [3.8, 4) is 0 Å². The summed E-state index contributed by atoms with van der Waals surface area (Å²) in [7, 11) is -3.72. The van der Waals surface area contributed by atoms with Gasteiger partial charge in [0.25, 0.3) is 10.0 Å². The number of amides is 1. The van der Waals surface area contributed by atoms with E-state index >= 15 is 0 Å². The van der Waals surface area contributed by atoms with E-state index in [1.54, 1.807) is 29.6 Å². The van der Waals surface area contributed by atoms with Crippen molar-refractivity contribution < 1.29 is 13.2 Å². The second-order valence-electron chi connectivity index (χ2n) is 5.93. The van der Waals surface area contributed by atoms with Crippen molar-refractivity contribution in [1.29, 1.82) is 0 Å². The summed E-state index contributed by atoms with van der Waals surface area (Å²) in [6.45, 7) is 1.94. The number of nitrogens with zero attached hydrogens (tertiary/aromatic N) is 1.